The van der Waals surface area contributed by atoms with Crippen molar-refractivity contribution in [3.05, 3.63) is 71.5 Å². The van der Waals surface area contributed by atoms with Crippen LogP contribution < -0.4 is 14.3 Å². The van der Waals surface area contributed by atoms with Crippen molar-refractivity contribution in [1.29, 1.82) is 0 Å². The smallest absolute Gasteiger partial charge is 0.435 e. The summed E-state index contributed by atoms with van der Waals surface area (Å²) in [6.07, 6.45) is -2.34. The monoisotopic (exact) mass is 496 g/mol. The number of amides is 1. The molecule has 3 rings (SSSR count). The van der Waals surface area contributed by atoms with Crippen molar-refractivity contribution in [2.24, 2.45) is 5.10 Å². The lowest BCUT2D eigenvalue weighted by molar-refractivity contribution is -0.141. The Bertz CT molecular complexity index is 1300. The number of hydrogen-bond acceptors (Lipinski definition) is 7. The van der Waals surface area contributed by atoms with Crippen molar-refractivity contribution in [2.45, 2.75) is 24.5 Å². The molecule has 1 amide bonds. The summed E-state index contributed by atoms with van der Waals surface area (Å²) in [5, 5.41) is 7.00. The van der Waals surface area contributed by atoms with Gasteiger partial charge in [-0.1, -0.05) is 17.7 Å². The molecule has 3 aromatic rings. The number of aryl methyl sites for hydroxylation is 1. The van der Waals surface area contributed by atoms with E-state index in [-0.39, 0.29) is 16.4 Å². The van der Waals surface area contributed by atoms with Gasteiger partial charge in [-0.25, -0.2) is 5.43 Å². The molecular weight excluding hydrogens is 477 g/mol. The predicted octanol–water partition coefficient (Wildman–Crippen LogP) is 3.14. The fraction of sp³-hybridized carbons (Fsp3) is 0.190. The first kappa shape index (κ1) is 24.8. The van der Waals surface area contributed by atoms with Crippen molar-refractivity contribution in [1.82, 2.24) is 15.2 Å². The molecule has 1 heterocycles. The van der Waals surface area contributed by atoms with Gasteiger partial charge in [-0.2, -0.15) is 31.8 Å². The third-order valence-corrected chi connectivity index (χ3v) is 5.58. The third-order valence-electron chi connectivity index (χ3n) is 4.34. The molecule has 180 valence electrons. The summed E-state index contributed by atoms with van der Waals surface area (Å²) >= 11 is 0. The number of methoxy groups -OCH3 is 1. The second-order valence-electron chi connectivity index (χ2n) is 6.95. The number of aromatic nitrogens is 2. The van der Waals surface area contributed by atoms with Gasteiger partial charge in [0.05, 0.1) is 13.3 Å². The number of hydrogen-bond donors (Lipinski definition) is 1. The SMILES string of the molecule is COc1cc(/C=N/NC(=O)Cn2ccc(C(F)(F)F)n2)ccc1OS(=O)(=O)c1ccc(C)cc1. The maximum absolute atomic E-state index is 12.6. The molecule has 0 bridgehead atoms. The molecule has 2 aromatic carbocycles. The summed E-state index contributed by atoms with van der Waals surface area (Å²) in [5.41, 5.74) is 2.37. The lowest BCUT2D eigenvalue weighted by Crippen LogP contribution is -2.23. The van der Waals surface area contributed by atoms with Crippen LogP contribution in [0.4, 0.5) is 13.2 Å². The van der Waals surface area contributed by atoms with Crippen LogP contribution in [-0.4, -0.2) is 37.4 Å². The van der Waals surface area contributed by atoms with Crippen LogP contribution >= 0.6 is 0 Å². The number of carbonyl (C=O) groups excluding carboxylic acids is 1. The second kappa shape index (κ2) is 9.95. The number of nitrogens with zero attached hydrogens (tertiary/aromatic N) is 3. The Labute approximate surface area is 192 Å². The summed E-state index contributed by atoms with van der Waals surface area (Å²) in [5.74, 6) is -0.658. The Morgan fingerprint density at radius 3 is 2.47 bits per heavy atom. The normalized spacial score (nSPS) is 12.0. The quantitative estimate of drug-likeness (QED) is 0.291. The molecular formula is C21H19F3N4O5S. The first-order valence-electron chi connectivity index (χ1n) is 9.60. The molecule has 0 aliphatic rings. The molecule has 0 aliphatic heterocycles. The summed E-state index contributed by atoms with van der Waals surface area (Å²) in [6, 6.07) is 11.1. The minimum Gasteiger partial charge on any atom is -0.493 e. The highest BCUT2D eigenvalue weighted by molar-refractivity contribution is 7.87. The van der Waals surface area contributed by atoms with Crippen LogP contribution in [0.25, 0.3) is 0 Å². The zero-order chi connectivity index (χ0) is 24.9. The molecule has 0 spiro atoms. The predicted molar refractivity (Wildman–Crippen MR) is 115 cm³/mol. The van der Waals surface area contributed by atoms with Crippen LogP contribution in [0, 0.1) is 6.92 Å². The van der Waals surface area contributed by atoms with Gasteiger partial charge in [0.1, 0.15) is 11.4 Å². The number of rotatable bonds is 8. The van der Waals surface area contributed by atoms with Crippen LogP contribution in [0.3, 0.4) is 0 Å². The Morgan fingerprint density at radius 2 is 1.85 bits per heavy atom. The van der Waals surface area contributed by atoms with E-state index in [1.54, 1.807) is 12.1 Å². The zero-order valence-electron chi connectivity index (χ0n) is 17.9. The molecule has 0 aliphatic carbocycles. The van der Waals surface area contributed by atoms with Gasteiger partial charge in [0.15, 0.2) is 17.2 Å². The molecule has 9 nitrogen and oxygen atoms in total. The maximum atomic E-state index is 12.6. The fourth-order valence-corrected chi connectivity index (χ4v) is 3.61. The highest BCUT2D eigenvalue weighted by Gasteiger charge is 2.33. The average molecular weight is 496 g/mol. The van der Waals surface area contributed by atoms with E-state index in [0.29, 0.717) is 5.56 Å². The van der Waals surface area contributed by atoms with Crippen molar-refractivity contribution in [3.8, 4) is 11.5 Å². The number of carbonyl (C=O) groups is 1. The van der Waals surface area contributed by atoms with Crippen molar-refractivity contribution < 1.29 is 35.3 Å². The van der Waals surface area contributed by atoms with E-state index in [0.717, 1.165) is 22.5 Å². The maximum Gasteiger partial charge on any atom is 0.435 e. The molecule has 0 saturated heterocycles. The van der Waals surface area contributed by atoms with E-state index in [9.17, 15) is 26.4 Å². The Kier molecular flexibility index (Phi) is 7.25. The van der Waals surface area contributed by atoms with Gasteiger partial charge in [-0.3, -0.25) is 9.48 Å². The summed E-state index contributed by atoms with van der Waals surface area (Å²) in [6.45, 7) is 1.35. The number of halogens is 3. The van der Waals surface area contributed by atoms with E-state index < -0.39 is 34.4 Å². The third kappa shape index (κ3) is 6.34. The summed E-state index contributed by atoms with van der Waals surface area (Å²) in [4.78, 5) is 11.9. The molecule has 0 atom stereocenters. The van der Waals surface area contributed by atoms with E-state index in [1.807, 2.05) is 6.92 Å². The van der Waals surface area contributed by atoms with E-state index in [4.69, 9.17) is 8.92 Å². The van der Waals surface area contributed by atoms with E-state index >= 15 is 0 Å². The second-order valence-corrected chi connectivity index (χ2v) is 8.50. The lowest BCUT2D eigenvalue weighted by Gasteiger charge is -2.11. The van der Waals surface area contributed by atoms with Gasteiger partial charge >= 0.3 is 16.3 Å². The number of nitrogens with one attached hydrogen (secondary N) is 1. The fourth-order valence-electron chi connectivity index (χ4n) is 2.67. The number of ether oxygens (including phenoxy) is 1. The van der Waals surface area contributed by atoms with Crippen molar-refractivity contribution in [3.63, 3.8) is 0 Å². The van der Waals surface area contributed by atoms with Crippen molar-refractivity contribution in [2.75, 3.05) is 7.11 Å². The first-order valence-corrected chi connectivity index (χ1v) is 11.0. The molecule has 1 N–H and O–H groups in total. The van der Waals surface area contributed by atoms with E-state index in [2.05, 4.69) is 15.6 Å². The first-order chi connectivity index (χ1) is 16.0. The number of benzene rings is 2. The highest BCUT2D eigenvalue weighted by atomic mass is 32.2. The highest BCUT2D eigenvalue weighted by Crippen LogP contribution is 2.30. The minimum atomic E-state index is -4.60. The molecule has 0 radical (unpaired) electrons. The van der Waals surface area contributed by atoms with Gasteiger partial charge in [0.2, 0.25) is 0 Å². The van der Waals surface area contributed by atoms with Gasteiger partial charge in [-0.15, -0.1) is 0 Å². The lowest BCUT2D eigenvalue weighted by atomic mass is 10.2. The minimum absolute atomic E-state index is 0.0203. The van der Waals surface area contributed by atoms with Gasteiger partial charge in [0, 0.05) is 6.20 Å². The van der Waals surface area contributed by atoms with Crippen LogP contribution in [0.5, 0.6) is 11.5 Å². The zero-order valence-corrected chi connectivity index (χ0v) is 18.7. The van der Waals surface area contributed by atoms with Crippen molar-refractivity contribution >= 4 is 22.2 Å². The summed E-state index contributed by atoms with van der Waals surface area (Å²) < 4.78 is 73.9. The van der Waals surface area contributed by atoms with E-state index in [1.165, 1.54) is 43.7 Å². The molecule has 0 unspecified atom stereocenters. The largest absolute Gasteiger partial charge is 0.493 e. The van der Waals surface area contributed by atoms with Gasteiger partial charge in [0.25, 0.3) is 5.91 Å². The van der Waals surface area contributed by atoms with Gasteiger partial charge in [-0.05, 0) is 48.9 Å². The molecule has 0 fully saturated rings. The van der Waals surface area contributed by atoms with Crippen LogP contribution in [-0.2, 0) is 27.6 Å². The summed E-state index contributed by atoms with van der Waals surface area (Å²) in [7, 11) is -2.77. The molecule has 0 saturated carbocycles. The van der Waals surface area contributed by atoms with Crippen LogP contribution in [0.2, 0.25) is 0 Å². The van der Waals surface area contributed by atoms with Crippen LogP contribution in [0.15, 0.2) is 64.7 Å². The standard InChI is InChI=1S/C21H19F3N4O5S/c1-14-3-6-16(7-4-14)34(30,31)33-17-8-5-15(11-18(17)32-2)12-25-26-20(29)13-28-10-9-19(27-28)21(22,23)24/h3-12H,13H2,1-2H3,(H,26,29)/b25-12+. The molecule has 34 heavy (non-hydrogen) atoms. The van der Waals surface area contributed by atoms with Crippen LogP contribution in [0.1, 0.15) is 16.8 Å². The molecule has 1 aromatic heterocycles. The topological polar surface area (TPSA) is 112 Å². The Hall–Kier alpha value is -3.87. The van der Waals surface area contributed by atoms with Gasteiger partial charge < -0.3 is 8.92 Å². The number of hydrazone groups is 1. The Morgan fingerprint density at radius 1 is 1.15 bits per heavy atom. The molecule has 13 heteroatoms. The average Bonchev–Trinajstić information content (AvgIpc) is 3.24. The number of alkyl halides is 3. The Balaban J connectivity index is 1.64.